The van der Waals surface area contributed by atoms with Crippen molar-refractivity contribution >= 4 is 35.1 Å². The number of rotatable bonds is 2. The van der Waals surface area contributed by atoms with Crippen LogP contribution in [0.1, 0.15) is 16.4 Å². The lowest BCUT2D eigenvalue weighted by atomic mass is 10.1. The zero-order chi connectivity index (χ0) is 17.6. The van der Waals surface area contributed by atoms with Crippen LogP contribution in [-0.4, -0.2) is 31.2 Å². The molecule has 0 radical (unpaired) electrons. The predicted molar refractivity (Wildman–Crippen MR) is 94.7 cm³/mol. The normalized spacial score (nSPS) is 17.1. The van der Waals surface area contributed by atoms with Crippen LogP contribution in [0.25, 0.3) is 5.69 Å². The molecule has 0 bridgehead atoms. The summed E-state index contributed by atoms with van der Waals surface area (Å²) in [6.45, 7) is 0. The highest BCUT2D eigenvalue weighted by Crippen LogP contribution is 2.42. The number of anilines is 1. The molecule has 0 saturated carbocycles. The summed E-state index contributed by atoms with van der Waals surface area (Å²) in [5, 5.41) is 11.6. The Balaban J connectivity index is 1.87. The second-order valence-electron chi connectivity index (χ2n) is 5.64. The van der Waals surface area contributed by atoms with Gasteiger partial charge in [0, 0.05) is 30.4 Å². The first-order valence-corrected chi connectivity index (χ1v) is 8.89. The van der Waals surface area contributed by atoms with Crippen molar-refractivity contribution in [1.82, 2.24) is 19.6 Å². The molecule has 128 valence electrons. The SMILES string of the molecule is Cn1cc([C@@H]2SCC(=O)Nc3c2cnn3-c2cc(F)ccc2Cl)cn1. The summed E-state index contributed by atoms with van der Waals surface area (Å²) in [7, 11) is 1.84. The van der Waals surface area contributed by atoms with Crippen LogP contribution in [0.2, 0.25) is 5.02 Å². The molecule has 1 aromatic carbocycles. The van der Waals surface area contributed by atoms with Gasteiger partial charge in [0.1, 0.15) is 11.6 Å². The standard InChI is InChI=1S/C16H13ClFN5OS/c1-22-7-9(5-19-22)15-11-6-20-23(16(11)21-14(24)8-25-15)13-4-10(18)2-3-12(13)17/h2-7,15H,8H2,1H3,(H,21,24)/t15-/m0/s1. The third-order valence-electron chi connectivity index (χ3n) is 3.88. The van der Waals surface area contributed by atoms with Gasteiger partial charge >= 0.3 is 0 Å². The Bertz CT molecular complexity index is 969. The number of aryl methyl sites for hydroxylation is 1. The van der Waals surface area contributed by atoms with Crippen LogP contribution >= 0.6 is 23.4 Å². The van der Waals surface area contributed by atoms with Gasteiger partial charge in [0.2, 0.25) is 5.91 Å². The lowest BCUT2D eigenvalue weighted by Gasteiger charge is -2.12. The second-order valence-corrected chi connectivity index (χ2v) is 7.14. The molecule has 9 heteroatoms. The molecule has 6 nitrogen and oxygen atoms in total. The molecule has 0 saturated heterocycles. The van der Waals surface area contributed by atoms with Crippen LogP contribution in [0.3, 0.4) is 0 Å². The monoisotopic (exact) mass is 377 g/mol. The fraction of sp³-hybridized carbons (Fsp3) is 0.188. The number of fused-ring (bicyclic) bond motifs is 1. The molecule has 0 aliphatic carbocycles. The van der Waals surface area contributed by atoms with Crippen molar-refractivity contribution in [3.8, 4) is 5.69 Å². The first-order chi connectivity index (χ1) is 12.0. The van der Waals surface area contributed by atoms with E-state index >= 15 is 0 Å². The molecule has 0 spiro atoms. The topological polar surface area (TPSA) is 64.7 Å². The molecule has 0 unspecified atom stereocenters. The van der Waals surface area contributed by atoms with Crippen molar-refractivity contribution in [1.29, 1.82) is 0 Å². The summed E-state index contributed by atoms with van der Waals surface area (Å²) in [5.74, 6) is 0.218. The number of hydrogen-bond acceptors (Lipinski definition) is 4. The molecule has 3 aromatic rings. The van der Waals surface area contributed by atoms with Crippen molar-refractivity contribution < 1.29 is 9.18 Å². The molecule has 0 fully saturated rings. The summed E-state index contributed by atoms with van der Waals surface area (Å²) in [5.41, 5.74) is 2.17. The number of aromatic nitrogens is 4. The number of amides is 1. The number of hydrogen-bond donors (Lipinski definition) is 1. The largest absolute Gasteiger partial charge is 0.310 e. The van der Waals surface area contributed by atoms with Crippen LogP contribution in [-0.2, 0) is 11.8 Å². The van der Waals surface area contributed by atoms with Gasteiger partial charge in [0.05, 0.1) is 34.1 Å². The average Bonchev–Trinajstić information content (AvgIpc) is 3.14. The van der Waals surface area contributed by atoms with E-state index in [1.54, 1.807) is 17.1 Å². The van der Waals surface area contributed by atoms with Crippen LogP contribution in [0.5, 0.6) is 0 Å². The van der Waals surface area contributed by atoms with Gasteiger partial charge < -0.3 is 5.32 Å². The highest BCUT2D eigenvalue weighted by molar-refractivity contribution is 8.00. The molecule has 4 rings (SSSR count). The maximum atomic E-state index is 13.7. The number of nitrogens with one attached hydrogen (secondary N) is 1. The second kappa shape index (κ2) is 6.20. The number of carbonyl (C=O) groups is 1. The number of nitrogens with zero attached hydrogens (tertiary/aromatic N) is 4. The van der Waals surface area contributed by atoms with Gasteiger partial charge in [0.25, 0.3) is 0 Å². The molecule has 1 aliphatic heterocycles. The van der Waals surface area contributed by atoms with E-state index in [4.69, 9.17) is 11.6 Å². The van der Waals surface area contributed by atoms with Crippen LogP contribution in [0.4, 0.5) is 10.2 Å². The maximum absolute atomic E-state index is 13.7. The first-order valence-electron chi connectivity index (χ1n) is 7.46. The Morgan fingerprint density at radius 3 is 2.96 bits per heavy atom. The summed E-state index contributed by atoms with van der Waals surface area (Å²) in [6.07, 6.45) is 5.35. The van der Waals surface area contributed by atoms with E-state index in [2.05, 4.69) is 15.5 Å². The third kappa shape index (κ3) is 2.91. The Morgan fingerprint density at radius 2 is 2.20 bits per heavy atom. The van der Waals surface area contributed by atoms with Gasteiger partial charge in [-0.25, -0.2) is 9.07 Å². The highest BCUT2D eigenvalue weighted by atomic mass is 35.5. The van der Waals surface area contributed by atoms with E-state index in [0.717, 1.165) is 11.1 Å². The highest BCUT2D eigenvalue weighted by Gasteiger charge is 2.29. The molecule has 25 heavy (non-hydrogen) atoms. The summed E-state index contributed by atoms with van der Waals surface area (Å²) in [4.78, 5) is 12.2. The van der Waals surface area contributed by atoms with E-state index in [9.17, 15) is 9.18 Å². The van der Waals surface area contributed by atoms with E-state index in [-0.39, 0.29) is 11.2 Å². The Hall–Kier alpha value is -2.32. The predicted octanol–water partition coefficient (Wildman–Crippen LogP) is 3.17. The smallest absolute Gasteiger partial charge is 0.235 e. The Labute approximate surface area is 152 Å². The lowest BCUT2D eigenvalue weighted by molar-refractivity contribution is -0.113. The van der Waals surface area contributed by atoms with Crippen molar-refractivity contribution in [2.75, 3.05) is 11.1 Å². The van der Waals surface area contributed by atoms with E-state index < -0.39 is 5.82 Å². The first kappa shape index (κ1) is 16.2. The molecule has 1 atom stereocenters. The molecule has 1 aliphatic rings. The number of carbonyl (C=O) groups excluding carboxylic acids is 1. The fourth-order valence-electron chi connectivity index (χ4n) is 2.78. The Kier molecular flexibility index (Phi) is 4.01. The minimum Gasteiger partial charge on any atom is -0.310 e. The van der Waals surface area contributed by atoms with E-state index in [1.807, 2.05) is 13.2 Å². The molecule has 3 heterocycles. The zero-order valence-corrected chi connectivity index (χ0v) is 14.7. The quantitative estimate of drug-likeness (QED) is 0.745. The molecular formula is C16H13ClFN5OS. The van der Waals surface area contributed by atoms with E-state index in [1.165, 1.54) is 34.6 Å². The lowest BCUT2D eigenvalue weighted by Crippen LogP contribution is -2.16. The number of thioether (sulfide) groups is 1. The van der Waals surface area contributed by atoms with Crippen LogP contribution in [0.15, 0.2) is 36.8 Å². The fourth-order valence-corrected chi connectivity index (χ4v) is 4.03. The van der Waals surface area contributed by atoms with Gasteiger partial charge in [-0.3, -0.25) is 9.48 Å². The summed E-state index contributed by atoms with van der Waals surface area (Å²) < 4.78 is 16.8. The Morgan fingerprint density at radius 1 is 1.36 bits per heavy atom. The van der Waals surface area contributed by atoms with Gasteiger partial charge in [-0.05, 0) is 12.1 Å². The third-order valence-corrected chi connectivity index (χ3v) is 5.49. The maximum Gasteiger partial charge on any atom is 0.235 e. The number of benzene rings is 1. The zero-order valence-electron chi connectivity index (χ0n) is 13.1. The van der Waals surface area contributed by atoms with Gasteiger partial charge in [-0.2, -0.15) is 10.2 Å². The molecule has 1 amide bonds. The van der Waals surface area contributed by atoms with Gasteiger partial charge in [0.15, 0.2) is 0 Å². The van der Waals surface area contributed by atoms with Crippen molar-refractivity contribution in [3.05, 3.63) is 58.8 Å². The van der Waals surface area contributed by atoms with Gasteiger partial charge in [-0.15, -0.1) is 11.8 Å². The summed E-state index contributed by atoms with van der Waals surface area (Å²) in [6, 6.07) is 4.03. The molecule has 1 N–H and O–H groups in total. The van der Waals surface area contributed by atoms with Crippen LogP contribution < -0.4 is 5.32 Å². The van der Waals surface area contributed by atoms with E-state index in [0.29, 0.717) is 22.3 Å². The van der Waals surface area contributed by atoms with Gasteiger partial charge in [-0.1, -0.05) is 11.6 Å². The van der Waals surface area contributed by atoms with Crippen molar-refractivity contribution in [2.45, 2.75) is 5.25 Å². The van der Waals surface area contributed by atoms with Crippen molar-refractivity contribution in [2.24, 2.45) is 7.05 Å². The molecule has 2 aromatic heterocycles. The summed E-state index contributed by atoms with van der Waals surface area (Å²) >= 11 is 7.70. The average molecular weight is 378 g/mol. The van der Waals surface area contributed by atoms with Crippen molar-refractivity contribution in [3.63, 3.8) is 0 Å². The molecular weight excluding hydrogens is 365 g/mol. The minimum absolute atomic E-state index is 0.108. The minimum atomic E-state index is -0.429. The van der Waals surface area contributed by atoms with Crippen LogP contribution in [0, 0.1) is 5.82 Å². The number of halogens is 2.